The van der Waals surface area contributed by atoms with Gasteiger partial charge in [-0.1, -0.05) is 47.7 Å². The molecule has 0 atom stereocenters. The van der Waals surface area contributed by atoms with Crippen molar-refractivity contribution in [2.24, 2.45) is 7.05 Å². The van der Waals surface area contributed by atoms with E-state index >= 15 is 0 Å². The Morgan fingerprint density at radius 2 is 1.66 bits per heavy atom. The molecule has 0 bridgehead atoms. The summed E-state index contributed by atoms with van der Waals surface area (Å²) < 4.78 is 1.97. The van der Waals surface area contributed by atoms with Crippen molar-refractivity contribution >= 4 is 35.1 Å². The van der Waals surface area contributed by atoms with Crippen molar-refractivity contribution in [1.82, 2.24) is 14.8 Å². The molecule has 3 rings (SSSR count). The van der Waals surface area contributed by atoms with Crippen molar-refractivity contribution < 1.29 is 4.79 Å². The van der Waals surface area contributed by atoms with Gasteiger partial charge in [0.05, 0.1) is 11.5 Å². The third kappa shape index (κ3) is 6.37. The van der Waals surface area contributed by atoms with E-state index < -0.39 is 0 Å². The standard InChI is InChI=1S/C22H26N4OS2/c1-15-5-7-18(8-6-15)12-28-13-20-24-25-22(26(20)4)29-14-21(27)23-19-10-16(2)9-17(3)11-19/h5-11H,12-14H2,1-4H3,(H,23,27). The number of thioether (sulfide) groups is 2. The fraction of sp³-hybridized carbons (Fsp3) is 0.318. The molecule has 2 aromatic carbocycles. The first kappa shape index (κ1) is 21.5. The molecule has 7 heteroatoms. The molecule has 0 aliphatic heterocycles. The van der Waals surface area contributed by atoms with Crippen molar-refractivity contribution in [1.29, 1.82) is 0 Å². The lowest BCUT2D eigenvalue weighted by Gasteiger charge is -2.07. The van der Waals surface area contributed by atoms with Crippen LogP contribution < -0.4 is 5.32 Å². The van der Waals surface area contributed by atoms with Crippen LogP contribution >= 0.6 is 23.5 Å². The molecule has 0 aliphatic carbocycles. The molecule has 0 radical (unpaired) electrons. The molecule has 0 fully saturated rings. The minimum Gasteiger partial charge on any atom is -0.325 e. The van der Waals surface area contributed by atoms with Crippen LogP contribution in [0.4, 0.5) is 5.69 Å². The van der Waals surface area contributed by atoms with Crippen LogP contribution in [0.1, 0.15) is 28.1 Å². The summed E-state index contributed by atoms with van der Waals surface area (Å²) in [6.07, 6.45) is 0. The lowest BCUT2D eigenvalue weighted by atomic mass is 10.1. The van der Waals surface area contributed by atoms with Gasteiger partial charge in [-0.05, 0) is 49.6 Å². The number of rotatable bonds is 8. The Bertz CT molecular complexity index is 963. The highest BCUT2D eigenvalue weighted by Crippen LogP contribution is 2.21. The fourth-order valence-electron chi connectivity index (χ4n) is 2.91. The van der Waals surface area contributed by atoms with E-state index in [0.29, 0.717) is 5.75 Å². The van der Waals surface area contributed by atoms with E-state index in [-0.39, 0.29) is 5.91 Å². The zero-order valence-electron chi connectivity index (χ0n) is 17.2. The van der Waals surface area contributed by atoms with Crippen LogP contribution in [0.2, 0.25) is 0 Å². The zero-order valence-corrected chi connectivity index (χ0v) is 18.9. The highest BCUT2D eigenvalue weighted by Gasteiger charge is 2.12. The minimum absolute atomic E-state index is 0.0432. The molecule has 29 heavy (non-hydrogen) atoms. The summed E-state index contributed by atoms with van der Waals surface area (Å²) in [5.41, 5.74) is 5.68. The predicted molar refractivity (Wildman–Crippen MR) is 122 cm³/mol. The van der Waals surface area contributed by atoms with Crippen LogP contribution in [-0.4, -0.2) is 26.4 Å². The van der Waals surface area contributed by atoms with Gasteiger partial charge in [-0.3, -0.25) is 4.79 Å². The molecule has 0 unspecified atom stereocenters. The summed E-state index contributed by atoms with van der Waals surface area (Å²) >= 11 is 3.21. The number of aromatic nitrogens is 3. The van der Waals surface area contributed by atoms with Crippen LogP contribution in [0.15, 0.2) is 47.6 Å². The summed E-state index contributed by atoms with van der Waals surface area (Å²) in [5, 5.41) is 12.2. The molecular weight excluding hydrogens is 400 g/mol. The maximum Gasteiger partial charge on any atom is 0.234 e. The number of anilines is 1. The number of amides is 1. The van der Waals surface area contributed by atoms with Gasteiger partial charge in [-0.2, -0.15) is 0 Å². The van der Waals surface area contributed by atoms with Crippen molar-refractivity contribution in [3.8, 4) is 0 Å². The molecule has 1 N–H and O–H groups in total. The monoisotopic (exact) mass is 426 g/mol. The first-order chi connectivity index (χ1) is 13.9. The van der Waals surface area contributed by atoms with E-state index in [4.69, 9.17) is 0 Å². The fourth-order valence-corrected chi connectivity index (χ4v) is 4.61. The normalized spacial score (nSPS) is 10.9. The van der Waals surface area contributed by atoms with Crippen LogP contribution in [0.25, 0.3) is 0 Å². The van der Waals surface area contributed by atoms with Crippen molar-refractivity contribution in [2.75, 3.05) is 11.1 Å². The van der Waals surface area contributed by atoms with Crippen LogP contribution in [0, 0.1) is 20.8 Å². The van der Waals surface area contributed by atoms with Crippen LogP contribution in [-0.2, 0) is 23.3 Å². The Hall–Kier alpha value is -2.25. The number of carbonyl (C=O) groups excluding carboxylic acids is 1. The summed E-state index contributed by atoms with van der Waals surface area (Å²) in [6, 6.07) is 14.6. The van der Waals surface area contributed by atoms with E-state index in [1.165, 1.54) is 22.9 Å². The topological polar surface area (TPSA) is 59.8 Å². The Kier molecular flexibility index (Phi) is 7.39. The Balaban J connectivity index is 1.48. The van der Waals surface area contributed by atoms with E-state index in [0.717, 1.165) is 39.3 Å². The lowest BCUT2D eigenvalue weighted by Crippen LogP contribution is -2.14. The van der Waals surface area contributed by atoms with Gasteiger partial charge in [0.15, 0.2) is 5.16 Å². The zero-order chi connectivity index (χ0) is 20.8. The van der Waals surface area contributed by atoms with Crippen LogP contribution in [0.3, 0.4) is 0 Å². The first-order valence-electron chi connectivity index (χ1n) is 9.43. The van der Waals surface area contributed by atoms with Gasteiger partial charge < -0.3 is 9.88 Å². The summed E-state index contributed by atoms with van der Waals surface area (Å²) in [6.45, 7) is 6.14. The number of carbonyl (C=O) groups is 1. The molecular formula is C22H26N4OS2. The van der Waals surface area contributed by atoms with Gasteiger partial charge in [0, 0.05) is 18.5 Å². The third-order valence-corrected chi connectivity index (χ3v) is 6.40. The Morgan fingerprint density at radius 1 is 0.966 bits per heavy atom. The SMILES string of the molecule is Cc1ccc(CSCc2nnc(SCC(=O)Nc3cc(C)cc(C)c3)n2C)cc1. The third-order valence-electron chi connectivity index (χ3n) is 4.38. The number of nitrogens with zero attached hydrogens (tertiary/aromatic N) is 3. The molecule has 152 valence electrons. The second-order valence-electron chi connectivity index (χ2n) is 7.15. The maximum absolute atomic E-state index is 12.3. The van der Waals surface area contributed by atoms with Gasteiger partial charge in [0.1, 0.15) is 5.82 Å². The Morgan fingerprint density at radius 3 is 2.34 bits per heavy atom. The van der Waals surface area contributed by atoms with E-state index in [1.807, 2.05) is 49.4 Å². The molecule has 0 saturated carbocycles. The second-order valence-corrected chi connectivity index (χ2v) is 9.08. The average Bonchev–Trinajstić information content (AvgIpc) is 3.01. The predicted octanol–water partition coefficient (Wildman–Crippen LogP) is 4.90. The number of nitrogens with one attached hydrogen (secondary N) is 1. The van der Waals surface area contributed by atoms with Gasteiger partial charge in [-0.15, -0.1) is 22.0 Å². The molecule has 1 amide bonds. The molecule has 1 aromatic heterocycles. The first-order valence-corrected chi connectivity index (χ1v) is 11.6. The average molecular weight is 427 g/mol. The summed E-state index contributed by atoms with van der Waals surface area (Å²) in [7, 11) is 1.95. The number of benzene rings is 2. The number of hydrogen-bond donors (Lipinski definition) is 1. The van der Waals surface area contributed by atoms with Gasteiger partial charge in [0.2, 0.25) is 5.91 Å². The van der Waals surface area contributed by atoms with Crippen molar-refractivity contribution in [3.05, 3.63) is 70.5 Å². The van der Waals surface area contributed by atoms with Crippen LogP contribution in [0.5, 0.6) is 0 Å². The molecule has 5 nitrogen and oxygen atoms in total. The molecule has 3 aromatic rings. The molecule has 0 saturated heterocycles. The number of aryl methyl sites for hydroxylation is 3. The highest BCUT2D eigenvalue weighted by molar-refractivity contribution is 7.99. The summed E-state index contributed by atoms with van der Waals surface area (Å²) in [4.78, 5) is 12.3. The quantitative estimate of drug-likeness (QED) is 0.519. The molecule has 0 aliphatic rings. The van der Waals surface area contributed by atoms with E-state index in [1.54, 1.807) is 0 Å². The lowest BCUT2D eigenvalue weighted by molar-refractivity contribution is -0.113. The number of hydrogen-bond acceptors (Lipinski definition) is 5. The van der Waals surface area contributed by atoms with E-state index in [9.17, 15) is 4.79 Å². The second kappa shape index (κ2) is 9.98. The van der Waals surface area contributed by atoms with Gasteiger partial charge >= 0.3 is 0 Å². The highest BCUT2D eigenvalue weighted by atomic mass is 32.2. The summed E-state index contributed by atoms with van der Waals surface area (Å²) in [5.74, 6) is 2.90. The van der Waals surface area contributed by atoms with Crippen molar-refractivity contribution in [2.45, 2.75) is 37.4 Å². The molecule has 1 heterocycles. The smallest absolute Gasteiger partial charge is 0.234 e. The van der Waals surface area contributed by atoms with Gasteiger partial charge in [0.25, 0.3) is 0 Å². The van der Waals surface area contributed by atoms with Gasteiger partial charge in [-0.25, -0.2) is 0 Å². The Labute approximate surface area is 180 Å². The molecule has 0 spiro atoms. The minimum atomic E-state index is -0.0432. The van der Waals surface area contributed by atoms with Crippen molar-refractivity contribution in [3.63, 3.8) is 0 Å². The van der Waals surface area contributed by atoms with E-state index in [2.05, 4.69) is 52.8 Å². The largest absolute Gasteiger partial charge is 0.325 e. The maximum atomic E-state index is 12.3.